The smallest absolute Gasteiger partial charge is 0.323 e. The fourth-order valence-electron chi connectivity index (χ4n) is 3.10. The monoisotopic (exact) mass is 259 g/mol. The summed E-state index contributed by atoms with van der Waals surface area (Å²) in [4.78, 5) is 12.1. The van der Waals surface area contributed by atoms with Gasteiger partial charge in [0.15, 0.2) is 0 Å². The Kier molecular flexibility index (Phi) is 3.83. The summed E-state index contributed by atoms with van der Waals surface area (Å²) < 4.78 is 5.48. The zero-order valence-electron chi connectivity index (χ0n) is 11.2. The van der Waals surface area contributed by atoms with E-state index in [1.807, 2.05) is 12.1 Å². The highest BCUT2D eigenvalue weighted by Gasteiger charge is 2.26. The van der Waals surface area contributed by atoms with E-state index in [-0.39, 0.29) is 12.0 Å². The lowest BCUT2D eigenvalue weighted by Gasteiger charge is -2.25. The third-order valence-corrected chi connectivity index (χ3v) is 4.30. The van der Waals surface area contributed by atoms with Gasteiger partial charge in [0.25, 0.3) is 0 Å². The molecule has 0 saturated heterocycles. The van der Waals surface area contributed by atoms with E-state index >= 15 is 0 Å². The average molecular weight is 259 g/mol. The van der Waals surface area contributed by atoms with E-state index in [2.05, 4.69) is 17.4 Å². The van der Waals surface area contributed by atoms with Crippen LogP contribution in [0.1, 0.15) is 36.8 Å². The van der Waals surface area contributed by atoms with Crippen LogP contribution in [0, 0.1) is 5.92 Å². The number of carbonyl (C=O) groups is 1. The number of carbonyl (C=O) groups excluding carboxylic acids is 1. The Balaban J connectivity index is 1.54. The molecule has 1 aliphatic carbocycles. The minimum Gasteiger partial charge on any atom is -0.464 e. The number of esters is 1. The maximum atomic E-state index is 12.1. The second-order valence-corrected chi connectivity index (χ2v) is 5.69. The van der Waals surface area contributed by atoms with Gasteiger partial charge in [-0.15, -0.1) is 0 Å². The molecule has 102 valence electrons. The summed E-state index contributed by atoms with van der Waals surface area (Å²) in [6.07, 6.45) is 5.76. The molecule has 1 N–H and O–H groups in total. The number of fused-ring (bicyclic) bond motifs is 1. The van der Waals surface area contributed by atoms with Crippen LogP contribution in [-0.4, -0.2) is 18.6 Å². The predicted octanol–water partition coefficient (Wildman–Crippen LogP) is 2.43. The van der Waals surface area contributed by atoms with E-state index in [9.17, 15) is 4.79 Å². The Labute approximate surface area is 114 Å². The third kappa shape index (κ3) is 2.98. The van der Waals surface area contributed by atoms with Crippen molar-refractivity contribution in [3.63, 3.8) is 0 Å². The molecule has 1 atom stereocenters. The van der Waals surface area contributed by atoms with Crippen molar-refractivity contribution in [2.75, 3.05) is 6.61 Å². The minimum absolute atomic E-state index is 0.0820. The van der Waals surface area contributed by atoms with Gasteiger partial charge in [0, 0.05) is 6.54 Å². The molecular formula is C16H21NO2. The first kappa shape index (κ1) is 12.7. The fourth-order valence-corrected chi connectivity index (χ4v) is 3.10. The van der Waals surface area contributed by atoms with E-state index in [0.717, 1.165) is 13.0 Å². The number of nitrogens with one attached hydrogen (secondary N) is 1. The summed E-state index contributed by atoms with van der Waals surface area (Å²) in [5, 5.41) is 3.28. The molecular weight excluding hydrogens is 238 g/mol. The molecule has 1 aliphatic heterocycles. The van der Waals surface area contributed by atoms with Gasteiger partial charge in [-0.1, -0.05) is 37.1 Å². The summed E-state index contributed by atoms with van der Waals surface area (Å²) in [5.74, 6) is 0.515. The lowest BCUT2D eigenvalue weighted by Crippen LogP contribution is -2.43. The molecule has 19 heavy (non-hydrogen) atoms. The second-order valence-electron chi connectivity index (χ2n) is 5.69. The molecule has 1 heterocycles. The first-order valence-corrected chi connectivity index (χ1v) is 7.30. The summed E-state index contributed by atoms with van der Waals surface area (Å²) in [5.41, 5.74) is 2.56. The molecule has 3 heteroatoms. The molecule has 1 unspecified atom stereocenters. The first-order valence-electron chi connectivity index (χ1n) is 7.30. The zero-order chi connectivity index (χ0) is 13.1. The van der Waals surface area contributed by atoms with Crippen molar-refractivity contribution in [3.8, 4) is 0 Å². The van der Waals surface area contributed by atoms with E-state index in [4.69, 9.17) is 4.74 Å². The Morgan fingerprint density at radius 3 is 2.74 bits per heavy atom. The molecule has 0 amide bonds. The number of hydrogen-bond acceptors (Lipinski definition) is 3. The van der Waals surface area contributed by atoms with Gasteiger partial charge in [-0.05, 0) is 36.3 Å². The normalized spacial score (nSPS) is 23.1. The van der Waals surface area contributed by atoms with Gasteiger partial charge in [-0.2, -0.15) is 0 Å². The molecule has 3 nitrogen and oxygen atoms in total. The van der Waals surface area contributed by atoms with Gasteiger partial charge in [-0.3, -0.25) is 4.79 Å². The van der Waals surface area contributed by atoms with Crippen LogP contribution < -0.4 is 5.32 Å². The van der Waals surface area contributed by atoms with E-state index in [0.29, 0.717) is 12.5 Å². The van der Waals surface area contributed by atoms with Crippen LogP contribution >= 0.6 is 0 Å². The highest BCUT2D eigenvalue weighted by atomic mass is 16.5. The number of ether oxygens (including phenoxy) is 1. The molecule has 0 radical (unpaired) electrons. The molecule has 1 aromatic carbocycles. The van der Waals surface area contributed by atoms with Crippen molar-refractivity contribution in [1.29, 1.82) is 0 Å². The van der Waals surface area contributed by atoms with Crippen LogP contribution in [0.5, 0.6) is 0 Å². The third-order valence-electron chi connectivity index (χ3n) is 4.30. The maximum absolute atomic E-state index is 12.1. The Morgan fingerprint density at radius 1 is 1.21 bits per heavy atom. The zero-order valence-corrected chi connectivity index (χ0v) is 11.2. The SMILES string of the molecule is O=C(OCC1CCCC1)C1Cc2ccccc2CN1. The lowest BCUT2D eigenvalue weighted by atomic mass is 9.96. The Hall–Kier alpha value is -1.35. The highest BCUT2D eigenvalue weighted by molar-refractivity contribution is 5.76. The number of hydrogen-bond donors (Lipinski definition) is 1. The second kappa shape index (κ2) is 5.74. The summed E-state index contributed by atoms with van der Waals surface area (Å²) in [6.45, 7) is 1.37. The van der Waals surface area contributed by atoms with Gasteiger partial charge in [0.2, 0.25) is 0 Å². The van der Waals surface area contributed by atoms with Gasteiger partial charge in [-0.25, -0.2) is 0 Å². The van der Waals surface area contributed by atoms with Gasteiger partial charge in [0.1, 0.15) is 6.04 Å². The van der Waals surface area contributed by atoms with Gasteiger partial charge in [0.05, 0.1) is 6.61 Å². The molecule has 0 aromatic heterocycles. The highest BCUT2D eigenvalue weighted by Crippen LogP contribution is 2.25. The fraction of sp³-hybridized carbons (Fsp3) is 0.562. The quantitative estimate of drug-likeness (QED) is 0.847. The van der Waals surface area contributed by atoms with Crippen LogP contribution in [0.4, 0.5) is 0 Å². The summed E-state index contributed by atoms with van der Waals surface area (Å²) in [7, 11) is 0. The maximum Gasteiger partial charge on any atom is 0.323 e. The average Bonchev–Trinajstić information content (AvgIpc) is 2.97. The summed E-state index contributed by atoms with van der Waals surface area (Å²) >= 11 is 0. The largest absolute Gasteiger partial charge is 0.464 e. The van der Waals surface area contributed by atoms with Crippen LogP contribution in [0.3, 0.4) is 0 Å². The van der Waals surface area contributed by atoms with Crippen molar-refractivity contribution < 1.29 is 9.53 Å². The Bertz CT molecular complexity index is 452. The molecule has 0 bridgehead atoms. The topological polar surface area (TPSA) is 38.3 Å². The number of benzene rings is 1. The molecule has 2 aliphatic rings. The van der Waals surface area contributed by atoms with Crippen molar-refractivity contribution in [3.05, 3.63) is 35.4 Å². The van der Waals surface area contributed by atoms with Gasteiger partial charge >= 0.3 is 5.97 Å². The first-order chi connectivity index (χ1) is 9.33. The van der Waals surface area contributed by atoms with Crippen molar-refractivity contribution in [2.45, 2.75) is 44.7 Å². The lowest BCUT2D eigenvalue weighted by molar-refractivity contribution is -0.147. The van der Waals surface area contributed by atoms with E-state index in [1.165, 1.54) is 36.8 Å². The standard InChI is InChI=1S/C16H21NO2/c18-16(19-11-12-5-1-2-6-12)15-9-13-7-3-4-8-14(13)10-17-15/h3-4,7-8,12,15,17H,1-2,5-6,9-11H2. The minimum atomic E-state index is -0.170. The molecule has 0 spiro atoms. The van der Waals surface area contributed by atoms with Crippen LogP contribution in [0.25, 0.3) is 0 Å². The van der Waals surface area contributed by atoms with Crippen molar-refractivity contribution in [1.82, 2.24) is 5.32 Å². The van der Waals surface area contributed by atoms with Crippen LogP contribution in [0.15, 0.2) is 24.3 Å². The van der Waals surface area contributed by atoms with Crippen LogP contribution in [-0.2, 0) is 22.5 Å². The van der Waals surface area contributed by atoms with Crippen molar-refractivity contribution in [2.24, 2.45) is 5.92 Å². The van der Waals surface area contributed by atoms with Gasteiger partial charge < -0.3 is 10.1 Å². The molecule has 1 aromatic rings. The number of rotatable bonds is 3. The molecule has 3 rings (SSSR count). The Morgan fingerprint density at radius 2 is 1.95 bits per heavy atom. The summed E-state index contributed by atoms with van der Waals surface area (Å²) in [6, 6.07) is 8.12. The van der Waals surface area contributed by atoms with E-state index < -0.39 is 0 Å². The molecule has 1 saturated carbocycles. The van der Waals surface area contributed by atoms with Crippen molar-refractivity contribution >= 4 is 5.97 Å². The molecule has 1 fully saturated rings. The van der Waals surface area contributed by atoms with E-state index in [1.54, 1.807) is 0 Å². The van der Waals surface area contributed by atoms with Crippen LogP contribution in [0.2, 0.25) is 0 Å². The predicted molar refractivity (Wildman–Crippen MR) is 73.7 cm³/mol.